The zero-order valence-corrected chi connectivity index (χ0v) is 15.1. The van der Waals surface area contributed by atoms with Crippen molar-refractivity contribution in [3.8, 4) is 0 Å². The van der Waals surface area contributed by atoms with E-state index < -0.39 is 0 Å². The van der Waals surface area contributed by atoms with Crippen molar-refractivity contribution in [2.45, 2.75) is 68.8 Å². The Morgan fingerprint density at radius 3 is 2.90 bits per heavy atom. The van der Waals surface area contributed by atoms with Crippen molar-refractivity contribution in [1.29, 1.82) is 0 Å². The van der Waals surface area contributed by atoms with Crippen molar-refractivity contribution in [3.63, 3.8) is 0 Å². The summed E-state index contributed by atoms with van der Waals surface area (Å²) in [7, 11) is 0. The van der Waals surface area contributed by atoms with Crippen molar-refractivity contribution in [3.05, 3.63) is 0 Å². The van der Waals surface area contributed by atoms with Gasteiger partial charge in [0.1, 0.15) is 0 Å². The molecule has 3 fully saturated rings. The monoisotopic (exact) mass is 329 g/mol. The van der Waals surface area contributed by atoms with Gasteiger partial charge in [-0.15, -0.1) is 0 Å². The highest BCUT2D eigenvalue weighted by molar-refractivity contribution is 8.00. The summed E-state index contributed by atoms with van der Waals surface area (Å²) in [5.74, 6) is 4.67. The first-order chi connectivity index (χ1) is 10.3. The van der Waals surface area contributed by atoms with Crippen LogP contribution in [0.3, 0.4) is 0 Å². The number of rotatable bonds is 6. The Labute approximate surface area is 138 Å². The molecule has 3 aliphatic rings. The van der Waals surface area contributed by atoms with Crippen LogP contribution in [0, 0.1) is 5.92 Å². The maximum absolute atomic E-state index is 6.21. The number of nitrogens with one attached hydrogen (secondary N) is 1. The largest absolute Gasteiger partial charge is 0.374 e. The lowest BCUT2D eigenvalue weighted by Crippen LogP contribution is -2.48. The van der Waals surface area contributed by atoms with Gasteiger partial charge in [0.05, 0.1) is 5.60 Å². The van der Waals surface area contributed by atoms with Gasteiger partial charge in [0, 0.05) is 29.4 Å². The summed E-state index contributed by atoms with van der Waals surface area (Å²) in [4.78, 5) is 0. The third kappa shape index (κ3) is 4.33. The van der Waals surface area contributed by atoms with E-state index in [1.165, 1.54) is 62.2 Å². The first kappa shape index (κ1) is 16.5. The van der Waals surface area contributed by atoms with Gasteiger partial charge >= 0.3 is 0 Å². The highest BCUT2D eigenvalue weighted by atomic mass is 32.2. The molecule has 2 saturated heterocycles. The lowest BCUT2D eigenvalue weighted by Gasteiger charge is -2.41. The van der Waals surface area contributed by atoms with Gasteiger partial charge in [-0.3, -0.25) is 0 Å². The first-order valence-corrected chi connectivity index (χ1v) is 11.1. The summed E-state index contributed by atoms with van der Waals surface area (Å²) in [5.41, 5.74) is 0.235. The van der Waals surface area contributed by atoms with Crippen molar-refractivity contribution < 1.29 is 4.74 Å². The predicted molar refractivity (Wildman–Crippen MR) is 95.5 cm³/mol. The van der Waals surface area contributed by atoms with E-state index in [-0.39, 0.29) is 5.60 Å². The molecule has 0 bridgehead atoms. The minimum atomic E-state index is 0.235. The van der Waals surface area contributed by atoms with Crippen LogP contribution in [0.2, 0.25) is 0 Å². The van der Waals surface area contributed by atoms with Crippen LogP contribution < -0.4 is 5.32 Å². The van der Waals surface area contributed by atoms with Crippen LogP contribution >= 0.6 is 23.5 Å². The Morgan fingerprint density at radius 1 is 1.33 bits per heavy atom. The number of hydrogen-bond donors (Lipinski definition) is 1. The molecule has 3 atom stereocenters. The molecule has 1 aliphatic carbocycles. The van der Waals surface area contributed by atoms with Crippen molar-refractivity contribution in [2.75, 3.05) is 30.4 Å². The molecular formula is C17H31NOS2. The van der Waals surface area contributed by atoms with E-state index in [0.29, 0.717) is 6.04 Å². The molecule has 0 aromatic carbocycles. The maximum atomic E-state index is 6.21. The molecule has 2 heterocycles. The fourth-order valence-corrected chi connectivity index (χ4v) is 7.11. The molecule has 1 spiro atoms. The summed E-state index contributed by atoms with van der Waals surface area (Å²) in [6.07, 6.45) is 9.67. The molecule has 1 saturated carbocycles. The van der Waals surface area contributed by atoms with Gasteiger partial charge in [0.2, 0.25) is 0 Å². The molecule has 21 heavy (non-hydrogen) atoms. The molecule has 0 radical (unpaired) electrons. The van der Waals surface area contributed by atoms with Crippen LogP contribution in [0.1, 0.15) is 51.9 Å². The quantitative estimate of drug-likeness (QED) is 0.796. The molecule has 1 N–H and O–H groups in total. The molecule has 122 valence electrons. The smallest absolute Gasteiger partial charge is 0.0783 e. The Kier molecular flexibility index (Phi) is 6.23. The average Bonchev–Trinajstić information content (AvgIpc) is 3.16. The van der Waals surface area contributed by atoms with Crippen LogP contribution in [-0.4, -0.2) is 47.3 Å². The molecule has 2 nitrogen and oxygen atoms in total. The highest BCUT2D eigenvalue weighted by Gasteiger charge is 2.42. The van der Waals surface area contributed by atoms with Gasteiger partial charge < -0.3 is 10.1 Å². The number of ether oxygens (including phenoxy) is 1. The van der Waals surface area contributed by atoms with Crippen LogP contribution in [0.25, 0.3) is 0 Å². The minimum absolute atomic E-state index is 0.235. The average molecular weight is 330 g/mol. The van der Waals surface area contributed by atoms with Gasteiger partial charge in [-0.05, 0) is 50.3 Å². The lowest BCUT2D eigenvalue weighted by molar-refractivity contribution is -0.0837. The van der Waals surface area contributed by atoms with Crippen molar-refractivity contribution in [1.82, 2.24) is 5.32 Å². The second kappa shape index (κ2) is 7.94. The molecule has 0 amide bonds. The lowest BCUT2D eigenvalue weighted by atomic mass is 9.81. The third-order valence-electron chi connectivity index (χ3n) is 5.45. The number of hydrogen-bond acceptors (Lipinski definition) is 4. The van der Waals surface area contributed by atoms with E-state index in [1.807, 2.05) is 0 Å². The Balaban J connectivity index is 1.54. The zero-order chi connectivity index (χ0) is 14.5. The molecule has 0 aromatic heterocycles. The summed E-state index contributed by atoms with van der Waals surface area (Å²) < 4.78 is 6.21. The summed E-state index contributed by atoms with van der Waals surface area (Å²) >= 11 is 4.34. The van der Waals surface area contributed by atoms with E-state index in [0.717, 1.165) is 24.3 Å². The normalized spacial score (nSPS) is 35.6. The SMILES string of the molecule is CCNC(CSC1CCCC1)C1CCOC2(CCSC2)C1. The van der Waals surface area contributed by atoms with Crippen LogP contribution in [0.15, 0.2) is 0 Å². The van der Waals surface area contributed by atoms with Gasteiger partial charge in [-0.1, -0.05) is 19.8 Å². The maximum Gasteiger partial charge on any atom is 0.0783 e. The molecule has 2 aliphatic heterocycles. The fourth-order valence-electron chi connectivity index (χ4n) is 4.19. The minimum Gasteiger partial charge on any atom is -0.374 e. The number of thioether (sulfide) groups is 2. The van der Waals surface area contributed by atoms with E-state index in [2.05, 4.69) is 35.8 Å². The molecule has 3 unspecified atom stereocenters. The predicted octanol–water partition coefficient (Wildman–Crippen LogP) is 3.94. The highest BCUT2D eigenvalue weighted by Crippen LogP contribution is 2.42. The zero-order valence-electron chi connectivity index (χ0n) is 13.4. The summed E-state index contributed by atoms with van der Waals surface area (Å²) in [6, 6.07) is 0.701. The van der Waals surface area contributed by atoms with Gasteiger partial charge in [0.15, 0.2) is 0 Å². The Hall–Kier alpha value is 0.620. The molecular weight excluding hydrogens is 298 g/mol. The molecule has 4 heteroatoms. The topological polar surface area (TPSA) is 21.3 Å². The standard InChI is InChI=1S/C17H31NOS2/c1-2-18-16(12-21-15-5-3-4-6-15)14-7-9-19-17(11-14)8-10-20-13-17/h14-16,18H,2-13H2,1H3. The van der Waals surface area contributed by atoms with E-state index in [4.69, 9.17) is 4.74 Å². The van der Waals surface area contributed by atoms with E-state index in [1.54, 1.807) is 0 Å². The van der Waals surface area contributed by atoms with Gasteiger partial charge in [0.25, 0.3) is 0 Å². The van der Waals surface area contributed by atoms with Crippen LogP contribution in [-0.2, 0) is 4.74 Å². The van der Waals surface area contributed by atoms with E-state index >= 15 is 0 Å². The van der Waals surface area contributed by atoms with Crippen molar-refractivity contribution >= 4 is 23.5 Å². The fraction of sp³-hybridized carbons (Fsp3) is 1.00. The second-order valence-corrected chi connectivity index (χ2v) is 9.43. The van der Waals surface area contributed by atoms with Crippen LogP contribution in [0.5, 0.6) is 0 Å². The van der Waals surface area contributed by atoms with Crippen LogP contribution in [0.4, 0.5) is 0 Å². The Bertz CT molecular complexity index is 314. The van der Waals surface area contributed by atoms with Crippen molar-refractivity contribution in [2.24, 2.45) is 5.92 Å². The molecule has 0 aromatic rings. The van der Waals surface area contributed by atoms with Gasteiger partial charge in [-0.25, -0.2) is 0 Å². The van der Waals surface area contributed by atoms with Gasteiger partial charge in [-0.2, -0.15) is 23.5 Å². The third-order valence-corrected chi connectivity index (χ3v) is 8.16. The summed E-state index contributed by atoms with van der Waals surface area (Å²) in [6.45, 7) is 4.35. The summed E-state index contributed by atoms with van der Waals surface area (Å²) in [5, 5.41) is 4.75. The second-order valence-electron chi connectivity index (χ2n) is 6.99. The first-order valence-electron chi connectivity index (χ1n) is 8.88. The van der Waals surface area contributed by atoms with E-state index in [9.17, 15) is 0 Å². The Morgan fingerprint density at radius 2 is 2.19 bits per heavy atom. The molecule has 3 rings (SSSR count).